The molecule has 1 aliphatic heterocycles. The Bertz CT molecular complexity index is 170. The van der Waals surface area contributed by atoms with Crippen LogP contribution in [0.4, 0.5) is 0 Å². The van der Waals surface area contributed by atoms with Crippen molar-refractivity contribution in [2.24, 2.45) is 0 Å². The highest BCUT2D eigenvalue weighted by Crippen LogP contribution is 2.18. The second kappa shape index (κ2) is 5.52. The molecule has 0 saturated heterocycles. The summed E-state index contributed by atoms with van der Waals surface area (Å²) < 4.78 is 2.18. The summed E-state index contributed by atoms with van der Waals surface area (Å²) in [6.07, 6.45) is 4.30. The van der Waals surface area contributed by atoms with Gasteiger partial charge < -0.3 is 4.90 Å². The fourth-order valence-corrected chi connectivity index (χ4v) is 1.83. The van der Waals surface area contributed by atoms with Crippen molar-refractivity contribution < 1.29 is 0 Å². The highest BCUT2D eigenvalue weighted by molar-refractivity contribution is 7.97. The minimum absolute atomic E-state index is 0.878. The van der Waals surface area contributed by atoms with Gasteiger partial charge in [0.25, 0.3) is 0 Å². The van der Waals surface area contributed by atoms with Gasteiger partial charge in [0.1, 0.15) is 0 Å². The topological polar surface area (TPSA) is 9.72 Å². The van der Waals surface area contributed by atoms with Gasteiger partial charge in [0.2, 0.25) is 0 Å². The van der Waals surface area contributed by atoms with Crippen LogP contribution in [0.3, 0.4) is 0 Å². The SMILES string of the molecule is [CH2]CSN1C=CCN1CCN(C)C. The first-order valence-electron chi connectivity index (χ1n) is 4.51. The fourth-order valence-electron chi connectivity index (χ4n) is 1.16. The first-order valence-corrected chi connectivity index (χ1v) is 5.46. The molecule has 0 bridgehead atoms. The average Bonchev–Trinajstić information content (AvgIpc) is 2.49. The standard InChI is InChI=1S/C9H18N3S/c1-4-13-12-7-5-6-11(12)9-8-10(2)3/h5,7H,1,4,6,8-9H2,2-3H3. The molecule has 75 valence electrons. The van der Waals surface area contributed by atoms with Gasteiger partial charge in [-0.3, -0.25) is 4.41 Å². The Balaban J connectivity index is 2.25. The Morgan fingerprint density at radius 1 is 1.54 bits per heavy atom. The second-order valence-corrected chi connectivity index (χ2v) is 4.28. The molecule has 0 spiro atoms. The van der Waals surface area contributed by atoms with Gasteiger partial charge in [0.05, 0.1) is 0 Å². The van der Waals surface area contributed by atoms with E-state index in [0.29, 0.717) is 0 Å². The van der Waals surface area contributed by atoms with Gasteiger partial charge in [-0.1, -0.05) is 6.08 Å². The summed E-state index contributed by atoms with van der Waals surface area (Å²) in [5.41, 5.74) is 0. The largest absolute Gasteiger partial charge is 0.308 e. The first kappa shape index (κ1) is 10.9. The van der Waals surface area contributed by atoms with E-state index in [1.807, 2.05) is 0 Å². The molecule has 3 nitrogen and oxygen atoms in total. The molecule has 0 unspecified atom stereocenters. The maximum absolute atomic E-state index is 3.83. The summed E-state index contributed by atoms with van der Waals surface area (Å²) in [5, 5.41) is 2.32. The van der Waals surface area contributed by atoms with Gasteiger partial charge in [0.15, 0.2) is 0 Å². The summed E-state index contributed by atoms with van der Waals surface area (Å²) in [6.45, 7) is 7.03. The minimum atomic E-state index is 0.878. The predicted octanol–water partition coefficient (Wildman–Crippen LogP) is 1.08. The highest BCUT2D eigenvalue weighted by Gasteiger charge is 2.15. The Kier molecular flexibility index (Phi) is 4.62. The monoisotopic (exact) mass is 200 g/mol. The van der Waals surface area contributed by atoms with Crippen molar-refractivity contribution in [3.8, 4) is 0 Å². The van der Waals surface area contributed by atoms with E-state index in [9.17, 15) is 0 Å². The summed E-state index contributed by atoms with van der Waals surface area (Å²) in [5.74, 6) is 0.878. The number of nitrogens with zero attached hydrogens (tertiary/aromatic N) is 3. The van der Waals surface area contributed by atoms with E-state index in [1.54, 1.807) is 11.9 Å². The van der Waals surface area contributed by atoms with Crippen molar-refractivity contribution in [3.63, 3.8) is 0 Å². The lowest BCUT2D eigenvalue weighted by Crippen LogP contribution is -2.36. The normalized spacial score (nSPS) is 17.7. The Hall–Kier alpha value is -0.190. The molecule has 1 aliphatic rings. The molecule has 13 heavy (non-hydrogen) atoms. The zero-order valence-electron chi connectivity index (χ0n) is 8.44. The van der Waals surface area contributed by atoms with Crippen molar-refractivity contribution in [1.29, 1.82) is 0 Å². The van der Waals surface area contributed by atoms with Crippen molar-refractivity contribution in [3.05, 3.63) is 19.2 Å². The van der Waals surface area contributed by atoms with Crippen LogP contribution >= 0.6 is 11.9 Å². The fraction of sp³-hybridized carbons (Fsp3) is 0.667. The molecule has 0 aliphatic carbocycles. The molecule has 1 radical (unpaired) electrons. The van der Waals surface area contributed by atoms with E-state index < -0.39 is 0 Å². The van der Waals surface area contributed by atoms with E-state index >= 15 is 0 Å². The van der Waals surface area contributed by atoms with Crippen LogP contribution in [-0.2, 0) is 0 Å². The molecule has 0 saturated carbocycles. The highest BCUT2D eigenvalue weighted by atomic mass is 32.2. The third-order valence-electron chi connectivity index (χ3n) is 1.86. The van der Waals surface area contributed by atoms with E-state index in [4.69, 9.17) is 0 Å². The van der Waals surface area contributed by atoms with Crippen molar-refractivity contribution in [2.75, 3.05) is 39.5 Å². The molecular weight excluding hydrogens is 182 g/mol. The number of hydrogen-bond acceptors (Lipinski definition) is 4. The molecule has 0 atom stereocenters. The number of hydrazine groups is 1. The van der Waals surface area contributed by atoms with Crippen molar-refractivity contribution in [1.82, 2.24) is 14.3 Å². The molecule has 0 aromatic rings. The van der Waals surface area contributed by atoms with Crippen LogP contribution in [0, 0.1) is 6.92 Å². The lowest BCUT2D eigenvalue weighted by Gasteiger charge is -2.28. The minimum Gasteiger partial charge on any atom is -0.308 e. The maximum atomic E-state index is 3.83. The molecule has 1 rings (SSSR count). The molecule has 1 heterocycles. The van der Waals surface area contributed by atoms with Gasteiger partial charge in [0, 0.05) is 31.6 Å². The van der Waals surface area contributed by atoms with Crippen molar-refractivity contribution >= 4 is 11.9 Å². The van der Waals surface area contributed by atoms with Gasteiger partial charge in [-0.2, -0.15) is 0 Å². The van der Waals surface area contributed by atoms with E-state index in [1.165, 1.54) is 0 Å². The maximum Gasteiger partial charge on any atom is 0.0389 e. The smallest absolute Gasteiger partial charge is 0.0389 e. The lowest BCUT2D eigenvalue weighted by molar-refractivity contribution is 0.140. The Morgan fingerprint density at radius 3 is 2.92 bits per heavy atom. The first-order chi connectivity index (χ1) is 6.24. The molecule has 0 fully saturated rings. The van der Waals surface area contributed by atoms with E-state index in [2.05, 4.69) is 47.6 Å². The van der Waals surface area contributed by atoms with Crippen LogP contribution in [-0.4, -0.2) is 53.8 Å². The quantitative estimate of drug-likeness (QED) is 0.614. The zero-order chi connectivity index (χ0) is 9.68. The molecule has 0 aromatic heterocycles. The lowest BCUT2D eigenvalue weighted by atomic mass is 10.5. The van der Waals surface area contributed by atoms with Crippen LogP contribution < -0.4 is 0 Å². The number of rotatable bonds is 5. The Labute approximate surface area is 85.5 Å². The van der Waals surface area contributed by atoms with Gasteiger partial charge in [-0.05, 0) is 33.0 Å². The van der Waals surface area contributed by atoms with Crippen LogP contribution in [0.2, 0.25) is 0 Å². The number of likely N-dealkylation sites (N-methyl/N-ethyl adjacent to an activating group) is 1. The van der Waals surface area contributed by atoms with Gasteiger partial charge in [-0.15, -0.1) is 0 Å². The van der Waals surface area contributed by atoms with Crippen LogP contribution in [0.1, 0.15) is 0 Å². The van der Waals surface area contributed by atoms with Crippen LogP contribution in [0.15, 0.2) is 12.3 Å². The van der Waals surface area contributed by atoms with Gasteiger partial charge >= 0.3 is 0 Å². The molecule has 0 amide bonds. The molecular formula is C9H18N3S. The predicted molar refractivity (Wildman–Crippen MR) is 58.9 cm³/mol. The summed E-state index contributed by atoms with van der Waals surface area (Å²) in [6, 6.07) is 0. The average molecular weight is 200 g/mol. The third-order valence-corrected chi connectivity index (χ3v) is 2.66. The molecule has 4 heteroatoms. The third kappa shape index (κ3) is 3.58. The summed E-state index contributed by atoms with van der Waals surface area (Å²) >= 11 is 1.74. The second-order valence-electron chi connectivity index (χ2n) is 3.24. The van der Waals surface area contributed by atoms with Crippen LogP contribution in [0.5, 0.6) is 0 Å². The van der Waals surface area contributed by atoms with Crippen LogP contribution in [0.25, 0.3) is 0 Å². The van der Waals surface area contributed by atoms with E-state index in [0.717, 1.165) is 25.4 Å². The Morgan fingerprint density at radius 2 is 2.31 bits per heavy atom. The summed E-state index contributed by atoms with van der Waals surface area (Å²) in [4.78, 5) is 2.20. The number of hydrogen-bond donors (Lipinski definition) is 0. The van der Waals surface area contributed by atoms with E-state index in [-0.39, 0.29) is 0 Å². The summed E-state index contributed by atoms with van der Waals surface area (Å²) in [7, 11) is 4.20. The van der Waals surface area contributed by atoms with Gasteiger partial charge in [-0.25, -0.2) is 5.01 Å². The van der Waals surface area contributed by atoms with Crippen molar-refractivity contribution in [2.45, 2.75) is 0 Å². The molecule has 0 aromatic carbocycles. The molecule has 0 N–H and O–H groups in total. The zero-order valence-corrected chi connectivity index (χ0v) is 9.26.